The molecule has 1 aromatic rings. The van der Waals surface area contributed by atoms with E-state index in [9.17, 15) is 4.79 Å². The molecule has 17 heavy (non-hydrogen) atoms. The van der Waals surface area contributed by atoms with Gasteiger partial charge in [0.05, 0.1) is 6.61 Å². The van der Waals surface area contributed by atoms with E-state index in [1.165, 1.54) is 6.20 Å². The molecule has 0 saturated heterocycles. The highest BCUT2D eigenvalue weighted by molar-refractivity contribution is 14.1. The number of carbonyl (C=O) groups excluding carboxylic acids is 1. The topological polar surface area (TPSA) is 62.1 Å². The molecule has 1 aromatic carbocycles. The predicted octanol–water partition coefficient (Wildman–Crippen LogP) is 2.67. The minimum Gasteiger partial charge on any atom is -0.462 e. The molecule has 1 rings (SSSR count). The first kappa shape index (κ1) is 13.5. The van der Waals surface area contributed by atoms with Crippen LogP contribution in [0.4, 0.5) is 5.69 Å². The summed E-state index contributed by atoms with van der Waals surface area (Å²) in [5.41, 5.74) is 0.757. The van der Waals surface area contributed by atoms with Crippen LogP contribution in [0.3, 0.4) is 0 Å². The molecule has 0 heterocycles. The Morgan fingerprint density at radius 2 is 2.18 bits per heavy atom. The molecule has 0 amide bonds. The van der Waals surface area contributed by atoms with Gasteiger partial charge < -0.3 is 10.1 Å². The van der Waals surface area contributed by atoms with Crippen LogP contribution in [-0.4, -0.2) is 12.6 Å². The van der Waals surface area contributed by atoms with Gasteiger partial charge >= 0.3 is 5.97 Å². The zero-order valence-electron chi connectivity index (χ0n) is 9.24. The Bertz CT molecular complexity index is 460. The molecule has 0 saturated carbocycles. The first-order chi connectivity index (χ1) is 8.17. The fourth-order valence-corrected chi connectivity index (χ4v) is 1.41. The van der Waals surface area contributed by atoms with Crippen molar-refractivity contribution in [3.8, 4) is 6.07 Å². The maximum Gasteiger partial charge on any atom is 0.350 e. The number of nitriles is 1. The number of ether oxygens (including phenoxy) is 1. The summed E-state index contributed by atoms with van der Waals surface area (Å²) in [6.07, 6.45) is 1.35. The summed E-state index contributed by atoms with van der Waals surface area (Å²) in [4.78, 5) is 11.3. The van der Waals surface area contributed by atoms with Crippen LogP contribution < -0.4 is 5.32 Å². The Kier molecular flexibility index (Phi) is 5.49. The number of carbonyl (C=O) groups is 1. The Morgan fingerprint density at radius 1 is 1.53 bits per heavy atom. The summed E-state index contributed by atoms with van der Waals surface area (Å²) in [5, 5.41) is 11.7. The van der Waals surface area contributed by atoms with Gasteiger partial charge in [0.2, 0.25) is 0 Å². The number of benzene rings is 1. The third-order valence-corrected chi connectivity index (χ3v) is 2.56. The van der Waals surface area contributed by atoms with Gasteiger partial charge in [-0.05, 0) is 53.8 Å². The SMILES string of the molecule is CCOC(=O)/C(C#N)=C/Nc1ccc(I)cc1. The van der Waals surface area contributed by atoms with E-state index >= 15 is 0 Å². The summed E-state index contributed by atoms with van der Waals surface area (Å²) in [7, 11) is 0. The Morgan fingerprint density at radius 3 is 2.71 bits per heavy atom. The largest absolute Gasteiger partial charge is 0.462 e. The number of anilines is 1. The molecule has 0 aliphatic carbocycles. The quantitative estimate of drug-likeness (QED) is 0.396. The highest BCUT2D eigenvalue weighted by Crippen LogP contribution is 2.11. The standard InChI is InChI=1S/C12H11IN2O2/c1-2-17-12(16)9(7-14)8-15-11-5-3-10(13)4-6-11/h3-6,8,15H,2H2,1H3/b9-8+. The van der Waals surface area contributed by atoms with E-state index in [0.717, 1.165) is 9.26 Å². The molecule has 5 heteroatoms. The van der Waals surface area contributed by atoms with Crippen LogP contribution in [0.15, 0.2) is 36.0 Å². The van der Waals surface area contributed by atoms with Crippen molar-refractivity contribution in [2.24, 2.45) is 0 Å². The van der Waals surface area contributed by atoms with E-state index in [2.05, 4.69) is 27.9 Å². The summed E-state index contributed by atoms with van der Waals surface area (Å²) < 4.78 is 5.85. The molecule has 0 unspecified atom stereocenters. The van der Waals surface area contributed by atoms with E-state index in [1.807, 2.05) is 24.3 Å². The monoisotopic (exact) mass is 342 g/mol. The Labute approximate surface area is 113 Å². The number of nitrogens with zero attached hydrogens (tertiary/aromatic N) is 1. The van der Waals surface area contributed by atoms with Crippen LogP contribution in [0, 0.1) is 14.9 Å². The lowest BCUT2D eigenvalue weighted by molar-refractivity contribution is -0.138. The molecular formula is C12H11IN2O2. The average molecular weight is 342 g/mol. The molecule has 0 aromatic heterocycles. The van der Waals surface area contributed by atoms with Gasteiger partial charge in [0.25, 0.3) is 0 Å². The highest BCUT2D eigenvalue weighted by Gasteiger charge is 2.08. The molecule has 88 valence electrons. The normalized spacial score (nSPS) is 10.5. The zero-order valence-corrected chi connectivity index (χ0v) is 11.4. The van der Waals surface area contributed by atoms with Crippen molar-refractivity contribution in [2.45, 2.75) is 6.92 Å². The molecule has 0 bridgehead atoms. The fraction of sp³-hybridized carbons (Fsp3) is 0.167. The molecular weight excluding hydrogens is 331 g/mol. The number of esters is 1. The van der Waals surface area contributed by atoms with Crippen molar-refractivity contribution in [3.05, 3.63) is 39.6 Å². The lowest BCUT2D eigenvalue weighted by atomic mass is 10.3. The Balaban J connectivity index is 2.71. The Hall–Kier alpha value is -1.55. The molecule has 0 aliphatic rings. The molecule has 0 atom stereocenters. The van der Waals surface area contributed by atoms with E-state index < -0.39 is 5.97 Å². The maximum atomic E-state index is 11.3. The van der Waals surface area contributed by atoms with Crippen molar-refractivity contribution < 1.29 is 9.53 Å². The van der Waals surface area contributed by atoms with Crippen molar-refractivity contribution in [3.63, 3.8) is 0 Å². The molecule has 4 nitrogen and oxygen atoms in total. The number of hydrogen-bond donors (Lipinski definition) is 1. The van der Waals surface area contributed by atoms with Crippen LogP contribution in [-0.2, 0) is 9.53 Å². The molecule has 0 spiro atoms. The van der Waals surface area contributed by atoms with E-state index in [1.54, 1.807) is 13.0 Å². The minimum atomic E-state index is -0.618. The van der Waals surface area contributed by atoms with Crippen LogP contribution in [0.1, 0.15) is 6.92 Å². The summed E-state index contributed by atoms with van der Waals surface area (Å²) in [6, 6.07) is 9.36. The molecule has 0 radical (unpaired) electrons. The van der Waals surface area contributed by atoms with Gasteiger partial charge in [-0.1, -0.05) is 0 Å². The van der Waals surface area contributed by atoms with Gasteiger partial charge in [0.1, 0.15) is 6.07 Å². The zero-order chi connectivity index (χ0) is 12.7. The van der Waals surface area contributed by atoms with Crippen molar-refractivity contribution >= 4 is 34.2 Å². The van der Waals surface area contributed by atoms with Gasteiger partial charge in [-0.25, -0.2) is 4.79 Å². The average Bonchev–Trinajstić information content (AvgIpc) is 2.32. The number of nitrogens with one attached hydrogen (secondary N) is 1. The predicted molar refractivity (Wildman–Crippen MR) is 73.1 cm³/mol. The number of rotatable bonds is 4. The van der Waals surface area contributed by atoms with Crippen LogP contribution in [0.5, 0.6) is 0 Å². The van der Waals surface area contributed by atoms with Gasteiger partial charge in [-0.3, -0.25) is 0 Å². The summed E-state index contributed by atoms with van der Waals surface area (Å²) >= 11 is 2.20. The van der Waals surface area contributed by atoms with Gasteiger partial charge in [-0.2, -0.15) is 5.26 Å². The second kappa shape index (κ2) is 6.91. The van der Waals surface area contributed by atoms with Crippen molar-refractivity contribution in [2.75, 3.05) is 11.9 Å². The first-order valence-electron chi connectivity index (χ1n) is 4.97. The highest BCUT2D eigenvalue weighted by atomic mass is 127. The van der Waals surface area contributed by atoms with E-state index in [4.69, 9.17) is 10.00 Å². The third kappa shape index (κ3) is 4.44. The van der Waals surface area contributed by atoms with E-state index in [0.29, 0.717) is 0 Å². The van der Waals surface area contributed by atoms with Gasteiger partial charge in [0.15, 0.2) is 5.57 Å². The van der Waals surface area contributed by atoms with Crippen molar-refractivity contribution in [1.82, 2.24) is 0 Å². The van der Waals surface area contributed by atoms with Gasteiger partial charge in [-0.15, -0.1) is 0 Å². The number of halogens is 1. The second-order valence-electron chi connectivity index (χ2n) is 3.04. The maximum absolute atomic E-state index is 11.3. The smallest absolute Gasteiger partial charge is 0.350 e. The molecule has 1 N–H and O–H groups in total. The van der Waals surface area contributed by atoms with Crippen LogP contribution in [0.25, 0.3) is 0 Å². The summed E-state index contributed by atoms with van der Waals surface area (Å²) in [5.74, 6) is -0.618. The minimum absolute atomic E-state index is 0.0506. The lowest BCUT2D eigenvalue weighted by Gasteiger charge is -2.02. The van der Waals surface area contributed by atoms with E-state index in [-0.39, 0.29) is 12.2 Å². The molecule has 0 fully saturated rings. The van der Waals surface area contributed by atoms with Crippen LogP contribution in [0.2, 0.25) is 0 Å². The van der Waals surface area contributed by atoms with Crippen LogP contribution >= 0.6 is 22.6 Å². The third-order valence-electron chi connectivity index (χ3n) is 1.84. The molecule has 0 aliphatic heterocycles. The fourth-order valence-electron chi connectivity index (χ4n) is 1.05. The first-order valence-corrected chi connectivity index (χ1v) is 6.04. The second-order valence-corrected chi connectivity index (χ2v) is 4.29. The lowest BCUT2D eigenvalue weighted by Crippen LogP contribution is -2.07. The summed E-state index contributed by atoms with van der Waals surface area (Å²) in [6.45, 7) is 1.95. The number of hydrogen-bond acceptors (Lipinski definition) is 4. The van der Waals surface area contributed by atoms with Crippen molar-refractivity contribution in [1.29, 1.82) is 5.26 Å². The van der Waals surface area contributed by atoms with Gasteiger partial charge in [0, 0.05) is 15.5 Å².